The zero-order chi connectivity index (χ0) is 15.4. The lowest BCUT2D eigenvalue weighted by atomic mass is 10.2. The first kappa shape index (κ1) is 14.7. The zero-order valence-corrected chi connectivity index (χ0v) is 12.6. The van der Waals surface area contributed by atoms with Crippen LogP contribution in [0.3, 0.4) is 0 Å². The van der Waals surface area contributed by atoms with Gasteiger partial charge in [-0.05, 0) is 30.0 Å². The lowest BCUT2D eigenvalue weighted by molar-refractivity contribution is 0.171. The molecule has 2 heterocycles. The van der Waals surface area contributed by atoms with Crippen molar-refractivity contribution in [1.29, 1.82) is 0 Å². The van der Waals surface area contributed by atoms with Crippen LogP contribution < -0.4 is 20.1 Å². The molecular weight excluding hydrogens is 304 g/mol. The molecule has 1 aromatic heterocycles. The van der Waals surface area contributed by atoms with Crippen molar-refractivity contribution >= 4 is 23.1 Å². The third-order valence-corrected chi connectivity index (χ3v) is 4.18. The van der Waals surface area contributed by atoms with E-state index in [1.807, 2.05) is 17.5 Å². The maximum atomic E-state index is 11.8. The minimum absolute atomic E-state index is 0.200. The number of carbonyl (C=O) groups is 1. The Morgan fingerprint density at radius 3 is 3.00 bits per heavy atom. The SMILES string of the molecule is O=C(NCC[C@H](O)c1cccs1)Nc1ccc2c(c1)OCO2. The molecule has 0 spiro atoms. The molecule has 116 valence electrons. The van der Waals surface area contributed by atoms with Gasteiger partial charge in [-0.1, -0.05) is 6.07 Å². The van der Waals surface area contributed by atoms with Gasteiger partial charge in [0.25, 0.3) is 0 Å². The van der Waals surface area contributed by atoms with Crippen LogP contribution in [0.2, 0.25) is 0 Å². The van der Waals surface area contributed by atoms with Gasteiger partial charge in [0.05, 0.1) is 6.10 Å². The number of aliphatic hydroxyl groups is 1. The summed E-state index contributed by atoms with van der Waals surface area (Å²) in [6.07, 6.45) is -0.0828. The molecule has 0 fully saturated rings. The van der Waals surface area contributed by atoms with Gasteiger partial charge in [-0.25, -0.2) is 4.79 Å². The van der Waals surface area contributed by atoms with Gasteiger partial charge in [0.2, 0.25) is 6.79 Å². The molecule has 0 bridgehead atoms. The first-order valence-corrected chi connectivity index (χ1v) is 7.76. The van der Waals surface area contributed by atoms with E-state index < -0.39 is 6.10 Å². The second-order valence-electron chi connectivity index (χ2n) is 4.77. The summed E-state index contributed by atoms with van der Waals surface area (Å²) in [6.45, 7) is 0.584. The van der Waals surface area contributed by atoms with Crippen LogP contribution in [-0.4, -0.2) is 24.5 Å². The summed E-state index contributed by atoms with van der Waals surface area (Å²) >= 11 is 1.50. The van der Waals surface area contributed by atoms with Gasteiger partial charge in [-0.2, -0.15) is 0 Å². The molecule has 0 unspecified atom stereocenters. The van der Waals surface area contributed by atoms with Crippen molar-refractivity contribution in [3.8, 4) is 11.5 Å². The molecule has 22 heavy (non-hydrogen) atoms. The molecular formula is C15H16N2O4S. The Balaban J connectivity index is 1.44. The lowest BCUT2D eigenvalue weighted by Gasteiger charge is -2.11. The third-order valence-electron chi connectivity index (χ3n) is 3.21. The van der Waals surface area contributed by atoms with E-state index >= 15 is 0 Å². The van der Waals surface area contributed by atoms with Crippen LogP contribution in [0, 0.1) is 0 Å². The number of carbonyl (C=O) groups excluding carboxylic acids is 1. The van der Waals surface area contributed by atoms with Crippen LogP contribution in [0.5, 0.6) is 11.5 Å². The van der Waals surface area contributed by atoms with E-state index in [-0.39, 0.29) is 12.8 Å². The van der Waals surface area contributed by atoms with Crippen LogP contribution in [0.4, 0.5) is 10.5 Å². The van der Waals surface area contributed by atoms with Crippen LogP contribution in [-0.2, 0) is 0 Å². The maximum Gasteiger partial charge on any atom is 0.319 e. The third kappa shape index (κ3) is 3.49. The number of rotatable bonds is 5. The van der Waals surface area contributed by atoms with Crippen molar-refractivity contribution in [2.45, 2.75) is 12.5 Å². The highest BCUT2D eigenvalue weighted by Crippen LogP contribution is 2.34. The summed E-state index contributed by atoms with van der Waals surface area (Å²) in [5.41, 5.74) is 0.626. The van der Waals surface area contributed by atoms with E-state index in [4.69, 9.17) is 9.47 Å². The van der Waals surface area contributed by atoms with Crippen LogP contribution in [0.1, 0.15) is 17.4 Å². The van der Waals surface area contributed by atoms with Crippen molar-refractivity contribution < 1.29 is 19.4 Å². The van der Waals surface area contributed by atoms with Gasteiger partial charge in [0.15, 0.2) is 11.5 Å². The number of urea groups is 1. The summed E-state index contributed by atoms with van der Waals surface area (Å²) in [7, 11) is 0. The number of amides is 2. The van der Waals surface area contributed by atoms with Gasteiger partial charge >= 0.3 is 6.03 Å². The van der Waals surface area contributed by atoms with Crippen molar-refractivity contribution in [2.24, 2.45) is 0 Å². The second-order valence-corrected chi connectivity index (χ2v) is 5.75. The molecule has 3 rings (SSSR count). The number of thiophene rings is 1. The van der Waals surface area contributed by atoms with Gasteiger partial charge < -0.3 is 25.2 Å². The molecule has 6 nitrogen and oxygen atoms in total. The molecule has 1 aliphatic heterocycles. The van der Waals surface area contributed by atoms with Gasteiger partial charge in [0, 0.05) is 23.2 Å². The highest BCUT2D eigenvalue weighted by Gasteiger charge is 2.14. The first-order chi connectivity index (χ1) is 10.7. The predicted molar refractivity (Wildman–Crippen MR) is 83.5 cm³/mol. The van der Waals surface area contributed by atoms with Gasteiger partial charge in [0.1, 0.15) is 0 Å². The molecule has 1 atom stereocenters. The van der Waals surface area contributed by atoms with E-state index in [0.717, 1.165) is 4.88 Å². The summed E-state index contributed by atoms with van der Waals surface area (Å²) in [4.78, 5) is 12.7. The van der Waals surface area contributed by atoms with Crippen molar-refractivity contribution in [1.82, 2.24) is 5.32 Å². The van der Waals surface area contributed by atoms with Crippen LogP contribution in [0.25, 0.3) is 0 Å². The number of anilines is 1. The Bertz CT molecular complexity index is 645. The maximum absolute atomic E-state index is 11.8. The average Bonchev–Trinajstić information content (AvgIpc) is 3.18. The Morgan fingerprint density at radius 1 is 1.32 bits per heavy atom. The highest BCUT2D eigenvalue weighted by molar-refractivity contribution is 7.10. The number of fused-ring (bicyclic) bond motifs is 1. The van der Waals surface area contributed by atoms with E-state index in [1.165, 1.54) is 11.3 Å². The average molecular weight is 320 g/mol. The number of ether oxygens (including phenoxy) is 2. The normalized spacial score (nSPS) is 13.7. The standard InChI is InChI=1S/C15H16N2O4S/c18-11(14-2-1-7-22-14)5-6-16-15(19)17-10-3-4-12-13(8-10)21-9-20-12/h1-4,7-8,11,18H,5-6,9H2,(H2,16,17,19)/t11-/m0/s1. The summed E-state index contributed by atoms with van der Waals surface area (Å²) in [5.74, 6) is 1.29. The second kappa shape index (κ2) is 6.67. The quantitative estimate of drug-likeness (QED) is 0.791. The number of hydrogen-bond acceptors (Lipinski definition) is 5. The summed E-state index contributed by atoms with van der Waals surface area (Å²) in [5, 5.41) is 17.3. The van der Waals surface area contributed by atoms with Crippen molar-refractivity contribution in [2.75, 3.05) is 18.7 Å². The van der Waals surface area contributed by atoms with E-state index in [9.17, 15) is 9.90 Å². The monoisotopic (exact) mass is 320 g/mol. The highest BCUT2D eigenvalue weighted by atomic mass is 32.1. The smallest absolute Gasteiger partial charge is 0.319 e. The van der Waals surface area contributed by atoms with Gasteiger partial charge in [-0.3, -0.25) is 0 Å². The number of benzene rings is 1. The van der Waals surface area contributed by atoms with Crippen LogP contribution >= 0.6 is 11.3 Å². The zero-order valence-electron chi connectivity index (χ0n) is 11.7. The summed E-state index contributed by atoms with van der Waals surface area (Å²) < 4.78 is 10.5. The summed E-state index contributed by atoms with van der Waals surface area (Å²) in [6, 6.07) is 8.65. The minimum atomic E-state index is -0.550. The van der Waals surface area contributed by atoms with E-state index in [1.54, 1.807) is 18.2 Å². The van der Waals surface area contributed by atoms with E-state index in [0.29, 0.717) is 30.2 Å². The number of nitrogens with one attached hydrogen (secondary N) is 2. The predicted octanol–water partition coefficient (Wildman–Crippen LogP) is 2.72. The molecule has 0 saturated carbocycles. The molecule has 1 aliphatic rings. The molecule has 2 aromatic rings. The molecule has 1 aromatic carbocycles. The number of aliphatic hydroxyl groups excluding tert-OH is 1. The molecule has 3 N–H and O–H groups in total. The fourth-order valence-corrected chi connectivity index (χ4v) is 2.84. The first-order valence-electron chi connectivity index (χ1n) is 6.88. The molecule has 2 amide bonds. The fraction of sp³-hybridized carbons (Fsp3) is 0.267. The topological polar surface area (TPSA) is 79.8 Å². The van der Waals surface area contributed by atoms with Crippen molar-refractivity contribution in [3.63, 3.8) is 0 Å². The van der Waals surface area contributed by atoms with Crippen LogP contribution in [0.15, 0.2) is 35.7 Å². The minimum Gasteiger partial charge on any atom is -0.454 e. The van der Waals surface area contributed by atoms with Gasteiger partial charge in [-0.15, -0.1) is 11.3 Å². The Morgan fingerprint density at radius 2 is 2.18 bits per heavy atom. The van der Waals surface area contributed by atoms with E-state index in [2.05, 4.69) is 10.6 Å². The van der Waals surface area contributed by atoms with Crippen molar-refractivity contribution in [3.05, 3.63) is 40.6 Å². The Labute approximate surface area is 131 Å². The molecule has 0 aliphatic carbocycles. The number of hydrogen-bond donors (Lipinski definition) is 3. The lowest BCUT2D eigenvalue weighted by Crippen LogP contribution is -2.30. The molecule has 0 saturated heterocycles. The molecule has 0 radical (unpaired) electrons. The Hall–Kier alpha value is -2.25. The molecule has 7 heteroatoms. The largest absolute Gasteiger partial charge is 0.454 e. The Kier molecular flexibility index (Phi) is 4.45. The fourth-order valence-electron chi connectivity index (χ4n) is 2.10.